The molecule has 2 heteroatoms. The maximum Gasteiger partial charge on any atom is 0.0562 e. The van der Waals surface area contributed by atoms with E-state index in [2.05, 4.69) is 191 Å². The van der Waals surface area contributed by atoms with Crippen molar-refractivity contribution in [1.82, 2.24) is 9.13 Å². The molecule has 0 spiro atoms. The van der Waals surface area contributed by atoms with Crippen LogP contribution in [-0.4, -0.2) is 9.13 Å². The highest BCUT2D eigenvalue weighted by molar-refractivity contribution is 6.25. The number of aromatic nitrogens is 2. The summed E-state index contributed by atoms with van der Waals surface area (Å²) in [7, 11) is 0. The van der Waals surface area contributed by atoms with E-state index in [0.29, 0.717) is 0 Å². The lowest BCUT2D eigenvalue weighted by Crippen LogP contribution is -1.97. The number of rotatable bonds is 4. The third kappa shape index (κ3) is 4.06. The van der Waals surface area contributed by atoms with Crippen molar-refractivity contribution in [2.24, 2.45) is 0 Å². The van der Waals surface area contributed by atoms with Crippen LogP contribution in [0.2, 0.25) is 0 Å². The average Bonchev–Trinajstić information content (AvgIpc) is 3.67. The molecule has 0 aliphatic heterocycles. The number of para-hydroxylation sites is 2. The van der Waals surface area contributed by atoms with Gasteiger partial charge in [-0.1, -0.05) is 127 Å². The van der Waals surface area contributed by atoms with E-state index in [1.54, 1.807) is 0 Å². The topological polar surface area (TPSA) is 9.86 Å². The van der Waals surface area contributed by atoms with Gasteiger partial charge in [-0.05, 0) is 87.6 Å². The van der Waals surface area contributed by atoms with E-state index in [-0.39, 0.29) is 0 Å². The minimum absolute atomic E-state index is 1.15. The fourth-order valence-corrected chi connectivity index (χ4v) is 7.72. The third-order valence-electron chi connectivity index (χ3n) is 9.85. The number of benzene rings is 8. The van der Waals surface area contributed by atoms with Crippen molar-refractivity contribution in [3.05, 3.63) is 182 Å². The standard InChI is InChI=1S/C46H30N2/c1-4-14-31(15-5-1)34-26-35(32-16-6-2-7-17-32)28-37(27-34)48-42-23-13-12-22-39(42)40-29-41-45(30-44(40)48)47(36-19-8-3-9-20-36)43-25-24-33-18-10-11-21-38(33)46(41)43/h1-30H. The van der Waals surface area contributed by atoms with E-state index >= 15 is 0 Å². The Labute approximate surface area is 278 Å². The van der Waals surface area contributed by atoms with Crippen molar-refractivity contribution < 1.29 is 0 Å². The van der Waals surface area contributed by atoms with Gasteiger partial charge in [-0.2, -0.15) is 0 Å². The molecule has 0 atom stereocenters. The molecule has 2 heterocycles. The van der Waals surface area contributed by atoms with Crippen molar-refractivity contribution in [2.45, 2.75) is 0 Å². The molecule has 0 radical (unpaired) electrons. The summed E-state index contributed by atoms with van der Waals surface area (Å²) in [4.78, 5) is 0. The van der Waals surface area contributed by atoms with Crippen LogP contribution in [0.15, 0.2) is 182 Å². The van der Waals surface area contributed by atoms with Gasteiger partial charge < -0.3 is 9.13 Å². The number of hydrogen-bond acceptors (Lipinski definition) is 0. The number of nitrogens with zero attached hydrogens (tertiary/aromatic N) is 2. The van der Waals surface area contributed by atoms with Crippen molar-refractivity contribution in [3.8, 4) is 33.6 Å². The minimum Gasteiger partial charge on any atom is -0.309 e. The zero-order valence-electron chi connectivity index (χ0n) is 26.2. The van der Waals surface area contributed by atoms with E-state index < -0.39 is 0 Å². The van der Waals surface area contributed by atoms with E-state index in [1.807, 2.05) is 0 Å². The van der Waals surface area contributed by atoms with Crippen molar-refractivity contribution in [3.63, 3.8) is 0 Å². The van der Waals surface area contributed by atoms with Crippen molar-refractivity contribution in [2.75, 3.05) is 0 Å². The lowest BCUT2D eigenvalue weighted by atomic mass is 9.98. The normalized spacial score (nSPS) is 11.8. The average molecular weight is 611 g/mol. The van der Waals surface area contributed by atoms with E-state index in [1.165, 1.54) is 76.6 Å². The van der Waals surface area contributed by atoms with Gasteiger partial charge in [0.2, 0.25) is 0 Å². The molecule has 0 fully saturated rings. The van der Waals surface area contributed by atoms with Gasteiger partial charge >= 0.3 is 0 Å². The minimum atomic E-state index is 1.15. The summed E-state index contributed by atoms with van der Waals surface area (Å²) in [5.74, 6) is 0. The van der Waals surface area contributed by atoms with Gasteiger partial charge in [0.05, 0.1) is 22.1 Å². The predicted octanol–water partition coefficient (Wildman–Crippen LogP) is 12.4. The molecule has 0 amide bonds. The van der Waals surface area contributed by atoms with Crippen LogP contribution in [0.4, 0.5) is 0 Å². The molecule has 48 heavy (non-hydrogen) atoms. The molecule has 8 aromatic carbocycles. The summed E-state index contributed by atoms with van der Waals surface area (Å²) in [5.41, 5.74) is 11.9. The molecular formula is C46H30N2. The summed E-state index contributed by atoms with van der Waals surface area (Å²) in [6, 6.07) is 66.2. The summed E-state index contributed by atoms with van der Waals surface area (Å²) in [6.45, 7) is 0. The Hall–Kier alpha value is -6.38. The van der Waals surface area contributed by atoms with Gasteiger partial charge in [0.15, 0.2) is 0 Å². The largest absolute Gasteiger partial charge is 0.309 e. The Morgan fingerprint density at radius 2 is 0.833 bits per heavy atom. The second kappa shape index (κ2) is 10.6. The number of hydrogen-bond donors (Lipinski definition) is 0. The Kier molecular flexibility index (Phi) is 5.91. The van der Waals surface area contributed by atoms with Gasteiger partial charge in [0.25, 0.3) is 0 Å². The van der Waals surface area contributed by atoms with Crippen LogP contribution < -0.4 is 0 Å². The van der Waals surface area contributed by atoms with Crippen LogP contribution >= 0.6 is 0 Å². The van der Waals surface area contributed by atoms with Gasteiger partial charge in [-0.25, -0.2) is 0 Å². The zero-order valence-corrected chi connectivity index (χ0v) is 26.2. The van der Waals surface area contributed by atoms with Crippen LogP contribution in [0.1, 0.15) is 0 Å². The van der Waals surface area contributed by atoms with E-state index in [4.69, 9.17) is 0 Å². The lowest BCUT2D eigenvalue weighted by molar-refractivity contribution is 1.17. The monoisotopic (exact) mass is 610 g/mol. The highest BCUT2D eigenvalue weighted by atomic mass is 15.0. The first kappa shape index (κ1) is 26.8. The zero-order chi connectivity index (χ0) is 31.6. The maximum atomic E-state index is 2.47. The van der Waals surface area contributed by atoms with E-state index in [9.17, 15) is 0 Å². The van der Waals surface area contributed by atoms with Crippen LogP contribution in [0, 0.1) is 0 Å². The fourth-order valence-electron chi connectivity index (χ4n) is 7.72. The molecular weight excluding hydrogens is 581 g/mol. The molecule has 0 saturated heterocycles. The molecule has 224 valence electrons. The van der Waals surface area contributed by atoms with Gasteiger partial charge in [-0.15, -0.1) is 0 Å². The van der Waals surface area contributed by atoms with Crippen LogP contribution in [-0.2, 0) is 0 Å². The smallest absolute Gasteiger partial charge is 0.0562 e. The summed E-state index contributed by atoms with van der Waals surface area (Å²) in [6.07, 6.45) is 0. The fraction of sp³-hybridized carbons (Fsp3) is 0. The number of fused-ring (bicyclic) bond motifs is 8. The molecule has 0 bridgehead atoms. The SMILES string of the molecule is c1ccc(-c2cc(-c3ccccc3)cc(-n3c4ccccc4c4cc5c6c7ccccc7ccc6n(-c6ccccc6)c5cc43)c2)cc1. The predicted molar refractivity (Wildman–Crippen MR) is 203 cm³/mol. The summed E-state index contributed by atoms with van der Waals surface area (Å²) >= 11 is 0. The Morgan fingerprint density at radius 3 is 1.54 bits per heavy atom. The first-order chi connectivity index (χ1) is 23.8. The maximum absolute atomic E-state index is 2.47. The Balaban J connectivity index is 1.36. The first-order valence-electron chi connectivity index (χ1n) is 16.5. The van der Waals surface area contributed by atoms with Crippen molar-refractivity contribution in [1.29, 1.82) is 0 Å². The molecule has 0 aliphatic rings. The van der Waals surface area contributed by atoms with Crippen LogP contribution in [0.25, 0.3) is 88.0 Å². The van der Waals surface area contributed by atoms with Crippen LogP contribution in [0.5, 0.6) is 0 Å². The molecule has 10 rings (SSSR count). The van der Waals surface area contributed by atoms with E-state index in [0.717, 1.165) is 11.4 Å². The lowest BCUT2D eigenvalue weighted by Gasteiger charge is -2.14. The molecule has 0 N–H and O–H groups in total. The molecule has 0 saturated carbocycles. The van der Waals surface area contributed by atoms with Gasteiger partial charge in [-0.3, -0.25) is 0 Å². The molecule has 10 aromatic rings. The quantitative estimate of drug-likeness (QED) is 0.188. The molecule has 2 nitrogen and oxygen atoms in total. The highest BCUT2D eigenvalue weighted by Crippen LogP contribution is 2.42. The first-order valence-corrected chi connectivity index (χ1v) is 16.5. The van der Waals surface area contributed by atoms with Crippen LogP contribution in [0.3, 0.4) is 0 Å². The highest BCUT2D eigenvalue weighted by Gasteiger charge is 2.20. The Morgan fingerprint density at radius 1 is 0.271 bits per heavy atom. The summed E-state index contributed by atoms with van der Waals surface area (Å²) < 4.78 is 4.91. The second-order valence-corrected chi connectivity index (χ2v) is 12.6. The molecule has 2 aromatic heterocycles. The van der Waals surface area contributed by atoms with Crippen molar-refractivity contribution >= 4 is 54.4 Å². The van der Waals surface area contributed by atoms with Gasteiger partial charge in [0, 0.05) is 32.9 Å². The summed E-state index contributed by atoms with van der Waals surface area (Å²) in [5, 5.41) is 7.60. The Bertz CT molecular complexity index is 2750. The second-order valence-electron chi connectivity index (χ2n) is 12.6. The molecule has 0 unspecified atom stereocenters. The molecule has 0 aliphatic carbocycles. The third-order valence-corrected chi connectivity index (χ3v) is 9.85. The van der Waals surface area contributed by atoms with Gasteiger partial charge in [0.1, 0.15) is 0 Å².